The van der Waals surface area contributed by atoms with Crippen molar-refractivity contribution >= 4 is 23.4 Å². The van der Waals surface area contributed by atoms with Gasteiger partial charge in [0.2, 0.25) is 0 Å². The number of para-hydroxylation sites is 1. The summed E-state index contributed by atoms with van der Waals surface area (Å²) < 4.78 is 10.1. The Morgan fingerprint density at radius 1 is 1.47 bits per heavy atom. The van der Waals surface area contributed by atoms with Crippen LogP contribution in [0.15, 0.2) is 35.5 Å². The van der Waals surface area contributed by atoms with E-state index < -0.39 is 5.97 Å². The van der Waals surface area contributed by atoms with Gasteiger partial charge >= 0.3 is 5.97 Å². The molecule has 0 bridgehead atoms. The molecule has 0 radical (unpaired) electrons. The Balaban J connectivity index is 2.35. The summed E-state index contributed by atoms with van der Waals surface area (Å²) in [6, 6.07) is 7.54. The highest BCUT2D eigenvalue weighted by atomic mass is 16.5. The van der Waals surface area contributed by atoms with E-state index in [-0.39, 0.29) is 12.3 Å². The van der Waals surface area contributed by atoms with E-state index in [1.807, 2.05) is 30.3 Å². The first-order chi connectivity index (χ1) is 8.31. The number of ether oxygens (including phenoxy) is 2. The molecule has 17 heavy (non-hydrogen) atoms. The van der Waals surface area contributed by atoms with Crippen molar-refractivity contribution in [3.63, 3.8) is 0 Å². The lowest BCUT2D eigenvalue weighted by molar-refractivity contribution is -0.135. The molecule has 0 fully saturated rings. The van der Waals surface area contributed by atoms with Crippen LogP contribution in [0.3, 0.4) is 0 Å². The van der Waals surface area contributed by atoms with Crippen molar-refractivity contribution < 1.29 is 14.3 Å². The molecule has 0 N–H and O–H groups in total. The van der Waals surface area contributed by atoms with Crippen LogP contribution in [-0.2, 0) is 14.3 Å². The van der Waals surface area contributed by atoms with Crippen molar-refractivity contribution in [2.45, 2.75) is 6.92 Å². The van der Waals surface area contributed by atoms with Crippen LogP contribution < -0.4 is 0 Å². The van der Waals surface area contributed by atoms with Gasteiger partial charge in [-0.2, -0.15) is 0 Å². The predicted octanol–water partition coefficient (Wildman–Crippen LogP) is 2.32. The average molecular weight is 231 g/mol. The van der Waals surface area contributed by atoms with Gasteiger partial charge in [-0.15, -0.1) is 0 Å². The molecule has 1 aromatic rings. The van der Waals surface area contributed by atoms with Crippen LogP contribution in [-0.4, -0.2) is 24.9 Å². The molecule has 1 aromatic carbocycles. The number of hydrogen-bond acceptors (Lipinski definition) is 4. The highest BCUT2D eigenvalue weighted by Gasteiger charge is 2.15. The van der Waals surface area contributed by atoms with Crippen LogP contribution in [0, 0.1) is 0 Å². The fourth-order valence-corrected chi connectivity index (χ4v) is 1.48. The highest BCUT2D eigenvalue weighted by Crippen LogP contribution is 2.21. The van der Waals surface area contributed by atoms with Gasteiger partial charge in [-0.25, -0.2) is 9.79 Å². The number of carbonyl (C=O) groups is 1. The Labute approximate surface area is 99.6 Å². The van der Waals surface area contributed by atoms with E-state index in [1.54, 1.807) is 13.2 Å². The normalized spacial score (nSPS) is 15.7. The SMILES string of the molecule is CCOC(=O)C1=Nc2ccccc2/C=C\OC1. The molecule has 0 saturated heterocycles. The van der Waals surface area contributed by atoms with E-state index in [9.17, 15) is 4.79 Å². The Bertz CT molecular complexity index is 477. The molecule has 0 unspecified atom stereocenters. The molecule has 1 aliphatic heterocycles. The number of hydrogen-bond donors (Lipinski definition) is 0. The minimum absolute atomic E-state index is 0.129. The Kier molecular flexibility index (Phi) is 3.55. The number of esters is 1. The van der Waals surface area contributed by atoms with Crippen LogP contribution in [0.2, 0.25) is 0 Å². The average Bonchev–Trinajstić information content (AvgIpc) is 2.30. The standard InChI is InChI=1S/C13H13NO3/c1-2-17-13(15)12-9-16-8-7-10-5-3-4-6-11(10)14-12/h3-8H,2,9H2,1H3/b8-7-,14-12?. The van der Waals surface area contributed by atoms with Crippen LogP contribution in [0.5, 0.6) is 0 Å². The Morgan fingerprint density at radius 2 is 2.29 bits per heavy atom. The van der Waals surface area contributed by atoms with Gasteiger partial charge in [0.15, 0.2) is 5.71 Å². The fraction of sp³-hybridized carbons (Fsp3) is 0.231. The lowest BCUT2D eigenvalue weighted by Gasteiger charge is -2.10. The second-order valence-electron chi connectivity index (χ2n) is 3.45. The van der Waals surface area contributed by atoms with Crippen molar-refractivity contribution in [3.8, 4) is 0 Å². The third kappa shape index (κ3) is 2.72. The van der Waals surface area contributed by atoms with Crippen molar-refractivity contribution in [1.82, 2.24) is 0 Å². The molecule has 2 rings (SSSR count). The van der Waals surface area contributed by atoms with Gasteiger partial charge in [-0.05, 0) is 19.1 Å². The first kappa shape index (κ1) is 11.4. The van der Waals surface area contributed by atoms with E-state index in [0.717, 1.165) is 11.3 Å². The van der Waals surface area contributed by atoms with Crippen LogP contribution >= 0.6 is 0 Å². The van der Waals surface area contributed by atoms with Crippen LogP contribution in [0.4, 0.5) is 5.69 Å². The van der Waals surface area contributed by atoms with Gasteiger partial charge in [0.25, 0.3) is 0 Å². The summed E-state index contributed by atoms with van der Waals surface area (Å²) in [5.41, 5.74) is 1.94. The van der Waals surface area contributed by atoms with Crippen LogP contribution in [0.25, 0.3) is 6.08 Å². The first-order valence-corrected chi connectivity index (χ1v) is 5.43. The number of benzene rings is 1. The molecule has 4 nitrogen and oxygen atoms in total. The van der Waals surface area contributed by atoms with Gasteiger partial charge in [0, 0.05) is 5.56 Å². The number of carbonyl (C=O) groups excluding carboxylic acids is 1. The van der Waals surface area contributed by atoms with E-state index >= 15 is 0 Å². The molecule has 0 atom stereocenters. The van der Waals surface area contributed by atoms with E-state index in [4.69, 9.17) is 9.47 Å². The topological polar surface area (TPSA) is 47.9 Å². The zero-order chi connectivity index (χ0) is 12.1. The summed E-state index contributed by atoms with van der Waals surface area (Å²) in [5.74, 6) is -0.433. The van der Waals surface area contributed by atoms with Gasteiger partial charge in [-0.3, -0.25) is 0 Å². The maximum atomic E-state index is 11.6. The minimum atomic E-state index is -0.433. The first-order valence-electron chi connectivity index (χ1n) is 5.43. The van der Waals surface area contributed by atoms with Gasteiger partial charge < -0.3 is 9.47 Å². The molecule has 88 valence electrons. The lowest BCUT2D eigenvalue weighted by Crippen LogP contribution is -2.22. The summed E-state index contributed by atoms with van der Waals surface area (Å²) in [7, 11) is 0. The molecular weight excluding hydrogens is 218 g/mol. The van der Waals surface area contributed by atoms with E-state index in [0.29, 0.717) is 6.61 Å². The molecule has 1 aliphatic rings. The highest BCUT2D eigenvalue weighted by molar-refractivity contribution is 6.37. The van der Waals surface area contributed by atoms with Crippen molar-refractivity contribution in [2.24, 2.45) is 4.99 Å². The smallest absolute Gasteiger partial charge is 0.356 e. The predicted molar refractivity (Wildman–Crippen MR) is 65.2 cm³/mol. The molecule has 0 saturated carbocycles. The minimum Gasteiger partial charge on any atom is -0.495 e. The summed E-state index contributed by atoms with van der Waals surface area (Å²) in [6.45, 7) is 2.22. The molecule has 0 aliphatic carbocycles. The Hall–Kier alpha value is -2.10. The molecule has 4 heteroatoms. The van der Waals surface area contributed by atoms with Crippen molar-refractivity contribution in [1.29, 1.82) is 0 Å². The monoisotopic (exact) mass is 231 g/mol. The number of aliphatic imine (C=N–C) groups is 1. The zero-order valence-electron chi connectivity index (χ0n) is 9.55. The maximum Gasteiger partial charge on any atom is 0.356 e. The van der Waals surface area contributed by atoms with Gasteiger partial charge in [-0.1, -0.05) is 18.2 Å². The second-order valence-corrected chi connectivity index (χ2v) is 3.45. The molecule has 1 heterocycles. The molecule has 0 aromatic heterocycles. The Morgan fingerprint density at radius 3 is 3.12 bits per heavy atom. The van der Waals surface area contributed by atoms with Crippen LogP contribution in [0.1, 0.15) is 12.5 Å². The molecule has 0 spiro atoms. The summed E-state index contributed by atoms with van der Waals surface area (Å²) in [6.07, 6.45) is 3.38. The second kappa shape index (κ2) is 5.30. The molecule has 0 amide bonds. The van der Waals surface area contributed by atoms with Gasteiger partial charge in [0.1, 0.15) is 6.61 Å². The lowest BCUT2D eigenvalue weighted by atomic mass is 10.1. The summed E-state index contributed by atoms with van der Waals surface area (Å²) in [4.78, 5) is 15.9. The molecular formula is C13H13NO3. The summed E-state index contributed by atoms with van der Waals surface area (Å²) >= 11 is 0. The van der Waals surface area contributed by atoms with Crippen molar-refractivity contribution in [2.75, 3.05) is 13.2 Å². The number of nitrogens with zero attached hydrogens (tertiary/aromatic N) is 1. The zero-order valence-corrected chi connectivity index (χ0v) is 9.55. The fourth-order valence-electron chi connectivity index (χ4n) is 1.48. The largest absolute Gasteiger partial charge is 0.495 e. The van der Waals surface area contributed by atoms with Gasteiger partial charge in [0.05, 0.1) is 18.6 Å². The third-order valence-corrected chi connectivity index (χ3v) is 2.27. The summed E-state index contributed by atoms with van der Waals surface area (Å²) in [5, 5.41) is 0. The number of fused-ring (bicyclic) bond motifs is 1. The number of rotatable bonds is 2. The van der Waals surface area contributed by atoms with E-state index in [1.165, 1.54) is 0 Å². The third-order valence-electron chi connectivity index (χ3n) is 2.27. The quantitative estimate of drug-likeness (QED) is 0.734. The maximum absolute atomic E-state index is 11.6. The van der Waals surface area contributed by atoms with Crippen molar-refractivity contribution in [3.05, 3.63) is 36.1 Å². The van der Waals surface area contributed by atoms with E-state index in [2.05, 4.69) is 4.99 Å².